The number of aromatic nitrogens is 2. The number of rotatable bonds is 7. The van der Waals surface area contributed by atoms with Gasteiger partial charge in [0.15, 0.2) is 5.16 Å². The molecule has 0 bridgehead atoms. The van der Waals surface area contributed by atoms with Crippen LogP contribution in [0.2, 0.25) is 5.02 Å². The van der Waals surface area contributed by atoms with Gasteiger partial charge in [-0.3, -0.25) is 14.2 Å². The second-order valence-electron chi connectivity index (χ2n) is 6.91. The largest absolute Gasteiger partial charge is 0.355 e. The minimum Gasteiger partial charge on any atom is -0.355 e. The second-order valence-corrected chi connectivity index (χ2v) is 8.29. The van der Waals surface area contributed by atoms with E-state index in [4.69, 9.17) is 11.6 Å². The molecule has 1 amide bonds. The van der Waals surface area contributed by atoms with E-state index in [0.717, 1.165) is 6.42 Å². The maximum Gasteiger partial charge on any atom is 0.266 e. The van der Waals surface area contributed by atoms with Crippen LogP contribution in [0.3, 0.4) is 0 Å². The standard InChI is InChI=1S/C24H20ClN3O2S/c25-18-9-6-10-19(15-18)28-23(30)20-11-4-5-12-21(20)27-24(28)31-16-22(29)26-14-13-17-7-2-1-3-8-17/h1-12,15H,13-14,16H2,(H,26,29). The van der Waals surface area contributed by atoms with Crippen molar-refractivity contribution in [3.63, 3.8) is 0 Å². The highest BCUT2D eigenvalue weighted by Gasteiger charge is 2.15. The van der Waals surface area contributed by atoms with E-state index in [9.17, 15) is 9.59 Å². The molecule has 0 saturated carbocycles. The van der Waals surface area contributed by atoms with E-state index in [2.05, 4.69) is 10.3 Å². The molecule has 0 aliphatic heterocycles. The molecule has 0 spiro atoms. The van der Waals surface area contributed by atoms with Gasteiger partial charge in [-0.2, -0.15) is 0 Å². The maximum absolute atomic E-state index is 13.2. The molecule has 0 aliphatic carbocycles. The van der Waals surface area contributed by atoms with Gasteiger partial charge in [-0.25, -0.2) is 4.98 Å². The summed E-state index contributed by atoms with van der Waals surface area (Å²) in [5, 5.41) is 4.41. The van der Waals surface area contributed by atoms with Gasteiger partial charge >= 0.3 is 0 Å². The van der Waals surface area contributed by atoms with Crippen LogP contribution in [0.15, 0.2) is 88.8 Å². The molecule has 4 aromatic rings. The first-order valence-corrected chi connectivity index (χ1v) is 11.2. The highest BCUT2D eigenvalue weighted by molar-refractivity contribution is 7.99. The van der Waals surface area contributed by atoms with Gasteiger partial charge in [-0.15, -0.1) is 0 Å². The highest BCUT2D eigenvalue weighted by Crippen LogP contribution is 2.22. The number of nitrogens with zero attached hydrogens (tertiary/aromatic N) is 2. The zero-order valence-corrected chi connectivity index (χ0v) is 18.2. The molecule has 31 heavy (non-hydrogen) atoms. The molecule has 1 heterocycles. The summed E-state index contributed by atoms with van der Waals surface area (Å²) in [5.41, 5.74) is 2.18. The molecule has 4 rings (SSSR count). The summed E-state index contributed by atoms with van der Waals surface area (Å²) in [4.78, 5) is 30.2. The van der Waals surface area contributed by atoms with Crippen molar-refractivity contribution >= 4 is 40.2 Å². The first kappa shape index (κ1) is 21.2. The van der Waals surface area contributed by atoms with E-state index in [1.165, 1.54) is 21.9 Å². The van der Waals surface area contributed by atoms with Crippen LogP contribution in [-0.4, -0.2) is 27.8 Å². The van der Waals surface area contributed by atoms with Gasteiger partial charge in [0.25, 0.3) is 5.56 Å². The Hall–Kier alpha value is -3.09. The molecule has 0 radical (unpaired) electrons. The molecule has 7 heteroatoms. The fraction of sp³-hybridized carbons (Fsp3) is 0.125. The van der Waals surface area contributed by atoms with Crippen molar-refractivity contribution in [3.8, 4) is 5.69 Å². The monoisotopic (exact) mass is 449 g/mol. The van der Waals surface area contributed by atoms with Crippen molar-refractivity contribution < 1.29 is 4.79 Å². The highest BCUT2D eigenvalue weighted by atomic mass is 35.5. The Morgan fingerprint density at radius 2 is 1.77 bits per heavy atom. The number of benzene rings is 3. The minimum atomic E-state index is -0.195. The van der Waals surface area contributed by atoms with Gasteiger partial charge in [-0.05, 0) is 42.3 Å². The lowest BCUT2D eigenvalue weighted by Crippen LogP contribution is -2.28. The first-order valence-electron chi connectivity index (χ1n) is 9.83. The Morgan fingerprint density at radius 3 is 2.58 bits per heavy atom. The number of thioether (sulfide) groups is 1. The summed E-state index contributed by atoms with van der Waals surface area (Å²) in [5.74, 6) is 0.0427. The fourth-order valence-electron chi connectivity index (χ4n) is 3.22. The van der Waals surface area contributed by atoms with E-state index in [1.807, 2.05) is 36.4 Å². The molecule has 0 fully saturated rings. The van der Waals surface area contributed by atoms with Crippen LogP contribution in [-0.2, 0) is 11.2 Å². The van der Waals surface area contributed by atoms with Crippen molar-refractivity contribution in [1.82, 2.24) is 14.9 Å². The number of halogens is 1. The zero-order valence-electron chi connectivity index (χ0n) is 16.6. The lowest BCUT2D eigenvalue weighted by Gasteiger charge is -2.13. The van der Waals surface area contributed by atoms with Crippen LogP contribution < -0.4 is 10.9 Å². The SMILES string of the molecule is O=C(CSc1nc2ccccc2c(=O)n1-c1cccc(Cl)c1)NCCc1ccccc1. The van der Waals surface area contributed by atoms with Crippen molar-refractivity contribution in [2.75, 3.05) is 12.3 Å². The average molecular weight is 450 g/mol. The van der Waals surface area contributed by atoms with Crippen LogP contribution in [0, 0.1) is 0 Å². The van der Waals surface area contributed by atoms with E-state index in [-0.39, 0.29) is 17.2 Å². The van der Waals surface area contributed by atoms with Crippen molar-refractivity contribution in [2.24, 2.45) is 0 Å². The number of nitrogens with one attached hydrogen (secondary N) is 1. The van der Waals surface area contributed by atoms with Gasteiger partial charge in [0.2, 0.25) is 5.91 Å². The molecule has 5 nitrogen and oxygen atoms in total. The van der Waals surface area contributed by atoms with Gasteiger partial charge in [0.05, 0.1) is 22.3 Å². The van der Waals surface area contributed by atoms with Crippen molar-refractivity contribution in [1.29, 1.82) is 0 Å². The Kier molecular flexibility index (Phi) is 6.70. The number of carbonyl (C=O) groups excluding carboxylic acids is 1. The van der Waals surface area contributed by atoms with E-state index >= 15 is 0 Å². The third kappa shape index (κ3) is 5.16. The Labute approximate surface area is 189 Å². The lowest BCUT2D eigenvalue weighted by molar-refractivity contribution is -0.118. The molecular formula is C24H20ClN3O2S. The molecule has 0 aliphatic rings. The summed E-state index contributed by atoms with van der Waals surface area (Å²) in [6.07, 6.45) is 0.763. The normalized spacial score (nSPS) is 10.9. The molecular weight excluding hydrogens is 430 g/mol. The van der Waals surface area contributed by atoms with E-state index < -0.39 is 0 Å². The van der Waals surface area contributed by atoms with Crippen LogP contribution in [0.1, 0.15) is 5.56 Å². The molecule has 0 atom stereocenters. The van der Waals surface area contributed by atoms with E-state index in [0.29, 0.717) is 33.3 Å². The Morgan fingerprint density at radius 1 is 1.00 bits per heavy atom. The predicted molar refractivity (Wildman–Crippen MR) is 126 cm³/mol. The smallest absolute Gasteiger partial charge is 0.266 e. The predicted octanol–water partition coefficient (Wildman–Crippen LogP) is 4.49. The van der Waals surface area contributed by atoms with Crippen LogP contribution in [0.4, 0.5) is 0 Å². The number of fused-ring (bicyclic) bond motifs is 1. The Balaban J connectivity index is 1.54. The summed E-state index contributed by atoms with van der Waals surface area (Å²) in [6.45, 7) is 0.551. The second kappa shape index (κ2) is 9.81. The van der Waals surface area contributed by atoms with Crippen molar-refractivity contribution in [2.45, 2.75) is 11.6 Å². The summed E-state index contributed by atoms with van der Waals surface area (Å²) in [6, 6.07) is 24.2. The lowest BCUT2D eigenvalue weighted by atomic mass is 10.1. The number of hydrogen-bond donors (Lipinski definition) is 1. The van der Waals surface area contributed by atoms with Crippen LogP contribution in [0.5, 0.6) is 0 Å². The number of para-hydroxylation sites is 1. The van der Waals surface area contributed by atoms with Gasteiger partial charge < -0.3 is 5.32 Å². The summed E-state index contributed by atoms with van der Waals surface area (Å²) in [7, 11) is 0. The molecule has 3 aromatic carbocycles. The van der Waals surface area contributed by atoms with Crippen LogP contribution >= 0.6 is 23.4 Å². The Bertz CT molecular complexity index is 1270. The topological polar surface area (TPSA) is 64.0 Å². The van der Waals surface area contributed by atoms with E-state index in [1.54, 1.807) is 42.5 Å². The van der Waals surface area contributed by atoms with Gasteiger partial charge in [-0.1, -0.05) is 71.9 Å². The average Bonchev–Trinajstić information content (AvgIpc) is 2.78. The molecule has 156 valence electrons. The van der Waals surface area contributed by atoms with Crippen molar-refractivity contribution in [3.05, 3.63) is 99.8 Å². The molecule has 0 saturated heterocycles. The third-order valence-electron chi connectivity index (χ3n) is 4.72. The summed E-state index contributed by atoms with van der Waals surface area (Å²) >= 11 is 7.37. The minimum absolute atomic E-state index is 0.110. The van der Waals surface area contributed by atoms with Gasteiger partial charge in [0, 0.05) is 11.6 Å². The first-order chi connectivity index (χ1) is 15.1. The summed E-state index contributed by atoms with van der Waals surface area (Å²) < 4.78 is 1.51. The number of hydrogen-bond acceptors (Lipinski definition) is 4. The molecule has 0 unspecified atom stereocenters. The zero-order chi connectivity index (χ0) is 21.6. The number of amides is 1. The van der Waals surface area contributed by atoms with Crippen LogP contribution in [0.25, 0.3) is 16.6 Å². The quantitative estimate of drug-likeness (QED) is 0.333. The molecule has 1 aromatic heterocycles. The van der Waals surface area contributed by atoms with Gasteiger partial charge in [0.1, 0.15) is 0 Å². The maximum atomic E-state index is 13.2. The molecule has 1 N–H and O–H groups in total. The fourth-order valence-corrected chi connectivity index (χ4v) is 4.25. The number of carbonyl (C=O) groups is 1. The third-order valence-corrected chi connectivity index (χ3v) is 5.90.